The van der Waals surface area contributed by atoms with E-state index in [-0.39, 0.29) is 12.3 Å². The van der Waals surface area contributed by atoms with Crippen LogP contribution in [-0.2, 0) is 11.3 Å². The number of aromatic hydroxyl groups is 1. The number of ether oxygens (including phenoxy) is 1. The molecule has 1 aliphatic rings. The summed E-state index contributed by atoms with van der Waals surface area (Å²) in [6.45, 7) is -0.235. The average Bonchev–Trinajstić information content (AvgIpc) is 3.32. The number of fused-ring (bicyclic) bond motifs is 1. The quantitative estimate of drug-likeness (QED) is 0.394. The number of anilines is 1. The smallest absolute Gasteiger partial charge is 0.167 e. The summed E-state index contributed by atoms with van der Waals surface area (Å²) < 4.78 is 12.1. The highest BCUT2D eigenvalue weighted by Crippen LogP contribution is 2.32. The van der Waals surface area contributed by atoms with Gasteiger partial charge >= 0.3 is 0 Å². The highest BCUT2D eigenvalue weighted by Gasteiger charge is 2.44. The molecule has 4 atom stereocenters. The average molecular weight is 363 g/mol. The molecule has 0 saturated carbocycles. The maximum Gasteiger partial charge on any atom is 0.167 e. The first-order chi connectivity index (χ1) is 12.6. The monoisotopic (exact) mass is 363 g/mol. The number of hydrogen-bond donors (Lipinski definition) is 5. The summed E-state index contributed by atoms with van der Waals surface area (Å²) in [5.74, 6) is 0.774. The van der Waals surface area contributed by atoms with Crippen LogP contribution in [0.15, 0.2) is 29.4 Å². The van der Waals surface area contributed by atoms with Gasteiger partial charge in [0.05, 0.1) is 25.7 Å². The van der Waals surface area contributed by atoms with Crippen LogP contribution in [-0.4, -0.2) is 64.9 Å². The van der Waals surface area contributed by atoms with E-state index >= 15 is 0 Å². The molecule has 26 heavy (non-hydrogen) atoms. The van der Waals surface area contributed by atoms with Gasteiger partial charge in [-0.3, -0.25) is 4.57 Å². The first-order valence-electron chi connectivity index (χ1n) is 7.89. The highest BCUT2D eigenvalue weighted by atomic mass is 16.6. The molecule has 0 amide bonds. The lowest BCUT2D eigenvalue weighted by Crippen LogP contribution is -2.33. The fourth-order valence-corrected chi connectivity index (χ4v) is 2.91. The first kappa shape index (κ1) is 16.7. The van der Waals surface area contributed by atoms with Gasteiger partial charge in [0, 0.05) is 6.07 Å². The first-order valence-corrected chi connectivity index (χ1v) is 7.89. The van der Waals surface area contributed by atoms with Gasteiger partial charge in [-0.25, -0.2) is 15.0 Å². The highest BCUT2D eigenvalue weighted by molar-refractivity contribution is 5.82. The number of aliphatic hydroxyl groups is 3. The van der Waals surface area contributed by atoms with E-state index in [2.05, 4.69) is 20.3 Å². The summed E-state index contributed by atoms with van der Waals surface area (Å²) in [7, 11) is 0. The third-order valence-electron chi connectivity index (χ3n) is 4.29. The van der Waals surface area contributed by atoms with Gasteiger partial charge in [0.1, 0.15) is 24.6 Å². The van der Waals surface area contributed by atoms with Crippen LogP contribution in [0.1, 0.15) is 12.0 Å². The molecule has 0 radical (unpaired) electrons. The number of imidazole rings is 1. The SMILES string of the molecule is OC[C@H]1OC(n2cnc3c(NCc4occc4O)ncnc32)[C@@H](O)[C@@H]1O. The van der Waals surface area contributed by atoms with Crippen LogP contribution in [0.4, 0.5) is 5.82 Å². The summed E-state index contributed by atoms with van der Waals surface area (Å²) in [6, 6.07) is 1.43. The molecule has 0 spiro atoms. The molecule has 1 fully saturated rings. The molecule has 1 unspecified atom stereocenters. The van der Waals surface area contributed by atoms with Crippen LogP contribution < -0.4 is 5.32 Å². The predicted molar refractivity (Wildman–Crippen MR) is 86.0 cm³/mol. The van der Waals surface area contributed by atoms with Gasteiger partial charge in [-0.05, 0) is 0 Å². The van der Waals surface area contributed by atoms with Crippen LogP contribution in [0.2, 0.25) is 0 Å². The minimum absolute atomic E-state index is 0.0276. The molecule has 3 aromatic rings. The molecule has 1 aliphatic heterocycles. The summed E-state index contributed by atoms with van der Waals surface area (Å²) in [5.41, 5.74) is 0.789. The van der Waals surface area contributed by atoms with Gasteiger partial charge in [0.2, 0.25) is 0 Å². The van der Waals surface area contributed by atoms with Crippen LogP contribution in [0.25, 0.3) is 11.2 Å². The third-order valence-corrected chi connectivity index (χ3v) is 4.29. The van der Waals surface area contributed by atoms with E-state index in [1.54, 1.807) is 0 Å². The number of rotatable bonds is 5. The molecule has 4 rings (SSSR count). The maximum atomic E-state index is 10.2. The molecule has 0 aromatic carbocycles. The van der Waals surface area contributed by atoms with E-state index in [0.717, 1.165) is 0 Å². The number of nitrogens with one attached hydrogen (secondary N) is 1. The lowest BCUT2D eigenvalue weighted by molar-refractivity contribution is -0.0511. The number of hydrogen-bond acceptors (Lipinski definition) is 10. The van der Waals surface area contributed by atoms with E-state index in [1.807, 2.05) is 0 Å². The predicted octanol–water partition coefficient (Wildman–Crippen LogP) is -0.652. The van der Waals surface area contributed by atoms with E-state index in [9.17, 15) is 20.4 Å². The van der Waals surface area contributed by atoms with Crippen molar-refractivity contribution in [1.82, 2.24) is 19.5 Å². The van der Waals surface area contributed by atoms with Crippen molar-refractivity contribution in [2.24, 2.45) is 0 Å². The van der Waals surface area contributed by atoms with Crippen molar-refractivity contribution in [2.45, 2.75) is 31.1 Å². The van der Waals surface area contributed by atoms with Crippen LogP contribution in [0.5, 0.6) is 5.75 Å². The fraction of sp³-hybridized carbons (Fsp3) is 0.400. The number of furan rings is 1. The van der Waals surface area contributed by atoms with Crippen molar-refractivity contribution < 1.29 is 29.6 Å². The number of aliphatic hydroxyl groups excluding tert-OH is 3. The molecular formula is C15H17N5O6. The Hall–Kier alpha value is -2.73. The Morgan fingerprint density at radius 1 is 1.19 bits per heavy atom. The molecule has 11 heteroatoms. The second kappa shape index (κ2) is 6.53. The Morgan fingerprint density at radius 3 is 2.73 bits per heavy atom. The number of nitrogens with zero attached hydrogens (tertiary/aromatic N) is 4. The summed E-state index contributed by atoms with van der Waals surface area (Å²) >= 11 is 0. The topological polar surface area (TPSA) is 159 Å². The third kappa shape index (κ3) is 2.66. The number of aromatic nitrogens is 4. The molecule has 5 N–H and O–H groups in total. The Kier molecular flexibility index (Phi) is 4.20. The Morgan fingerprint density at radius 2 is 2.04 bits per heavy atom. The molecule has 1 saturated heterocycles. The van der Waals surface area contributed by atoms with E-state index in [0.29, 0.717) is 22.7 Å². The zero-order chi connectivity index (χ0) is 18.3. The van der Waals surface area contributed by atoms with Crippen molar-refractivity contribution in [1.29, 1.82) is 0 Å². The Bertz CT molecular complexity index is 911. The Balaban J connectivity index is 1.62. The summed E-state index contributed by atoms with van der Waals surface area (Å²) in [6.07, 6.45) is -0.197. The lowest BCUT2D eigenvalue weighted by atomic mass is 10.1. The van der Waals surface area contributed by atoms with Gasteiger partial charge in [-0.1, -0.05) is 0 Å². The van der Waals surface area contributed by atoms with Gasteiger partial charge in [0.25, 0.3) is 0 Å². The van der Waals surface area contributed by atoms with Gasteiger partial charge in [-0.2, -0.15) is 0 Å². The maximum absolute atomic E-state index is 10.2. The molecule has 11 nitrogen and oxygen atoms in total. The normalized spacial score (nSPS) is 25.8. The lowest BCUT2D eigenvalue weighted by Gasteiger charge is -2.16. The van der Waals surface area contributed by atoms with Crippen LogP contribution in [0, 0.1) is 0 Å². The molecule has 3 aromatic heterocycles. The zero-order valence-corrected chi connectivity index (χ0v) is 13.4. The molecule has 0 aliphatic carbocycles. The van der Waals surface area contributed by atoms with E-state index < -0.39 is 31.1 Å². The fourth-order valence-electron chi connectivity index (χ4n) is 2.91. The molecule has 0 bridgehead atoms. The van der Waals surface area contributed by atoms with Crippen molar-refractivity contribution in [3.8, 4) is 5.75 Å². The van der Waals surface area contributed by atoms with Crippen molar-refractivity contribution in [2.75, 3.05) is 11.9 Å². The van der Waals surface area contributed by atoms with Crippen LogP contribution in [0.3, 0.4) is 0 Å². The molecular weight excluding hydrogens is 346 g/mol. The van der Waals surface area contributed by atoms with Crippen molar-refractivity contribution >= 4 is 17.0 Å². The second-order valence-corrected chi connectivity index (χ2v) is 5.86. The largest absolute Gasteiger partial charge is 0.504 e. The standard InChI is InChI=1S/C15H17N5O6/c21-4-9-11(23)12(24)15(26-9)20-6-19-10-13(17-5-18-14(10)20)16-3-8-7(22)1-2-25-8/h1-2,5-6,9,11-12,15,21-24H,3-4H2,(H,16,17,18)/t9-,11-,12+,15?/m1/s1. The zero-order valence-electron chi connectivity index (χ0n) is 13.4. The molecule has 4 heterocycles. The van der Waals surface area contributed by atoms with Gasteiger partial charge in [0.15, 0.2) is 34.7 Å². The molecule has 138 valence electrons. The van der Waals surface area contributed by atoms with E-state index in [1.165, 1.54) is 29.6 Å². The summed E-state index contributed by atoms with van der Waals surface area (Å²) in [5, 5.41) is 41.9. The summed E-state index contributed by atoms with van der Waals surface area (Å²) in [4.78, 5) is 12.5. The second-order valence-electron chi connectivity index (χ2n) is 5.86. The minimum atomic E-state index is -1.24. The van der Waals surface area contributed by atoms with Crippen LogP contribution >= 0.6 is 0 Å². The van der Waals surface area contributed by atoms with Gasteiger partial charge < -0.3 is 34.9 Å². The Labute approximate surface area is 146 Å². The van der Waals surface area contributed by atoms with Gasteiger partial charge in [-0.15, -0.1) is 0 Å². The minimum Gasteiger partial charge on any atom is -0.504 e. The van der Waals surface area contributed by atoms with Crippen molar-refractivity contribution in [3.63, 3.8) is 0 Å². The van der Waals surface area contributed by atoms with E-state index in [4.69, 9.17) is 9.15 Å². The van der Waals surface area contributed by atoms with Crippen molar-refractivity contribution in [3.05, 3.63) is 30.7 Å².